The van der Waals surface area contributed by atoms with E-state index in [4.69, 9.17) is 4.74 Å². The van der Waals surface area contributed by atoms with Crippen LogP contribution in [0.2, 0.25) is 0 Å². The summed E-state index contributed by atoms with van der Waals surface area (Å²) in [5.74, 6) is -0.0790. The van der Waals surface area contributed by atoms with Gasteiger partial charge in [0.2, 0.25) is 0 Å². The molecule has 44 heavy (non-hydrogen) atoms. The van der Waals surface area contributed by atoms with E-state index in [2.05, 4.69) is 91.3 Å². The van der Waals surface area contributed by atoms with E-state index < -0.39 is 5.79 Å². The second-order valence-corrected chi connectivity index (χ2v) is 14.3. The number of rotatable bonds is 19. The molecule has 0 aromatic carbocycles. The Kier molecular flexibility index (Phi) is 16.5. The first-order valence-electron chi connectivity index (χ1n) is 17.9. The number of aliphatic hydroxyl groups is 1. The first-order valence-corrected chi connectivity index (χ1v) is 17.9. The summed E-state index contributed by atoms with van der Waals surface area (Å²) < 4.78 is 6.57. The topological polar surface area (TPSA) is 49.8 Å². The highest BCUT2D eigenvalue weighted by Crippen LogP contribution is 2.44. The SMILES string of the molecule is C=C(CC)C1CCCCN1C(=C)C(=C)C1(O)OC(CCCC/C(C)=C/C(CC)C(=O)CCCC/C=C/C(C)C)C(C)CC1C. The first kappa shape index (κ1) is 38.3. The van der Waals surface area contributed by atoms with Gasteiger partial charge >= 0.3 is 0 Å². The minimum Gasteiger partial charge on any atom is -0.365 e. The standard InChI is InChI=1S/C40H67NO3/c1-11-31(6)37-23-19-20-26-41(37)35(10)34(9)40(43)33(8)28-32(7)39(44-40)25-18-17-22-30(5)27-36(12-2)38(42)24-16-14-13-15-21-29(3)4/h15,21,27,29,32-33,36-37,39,43H,6,9-14,16-20,22-26,28H2,1-5,7-8H3/b21-15+,30-27+. The van der Waals surface area contributed by atoms with E-state index in [1.807, 2.05) is 0 Å². The number of Topliss-reactive ketones (excluding diaryl/α,β-unsaturated/α-hetero) is 1. The van der Waals surface area contributed by atoms with Crippen molar-refractivity contribution in [2.24, 2.45) is 23.7 Å². The largest absolute Gasteiger partial charge is 0.365 e. The maximum absolute atomic E-state index is 12.9. The number of nitrogens with zero attached hydrogens (tertiary/aromatic N) is 1. The van der Waals surface area contributed by atoms with Crippen LogP contribution in [0.3, 0.4) is 0 Å². The number of likely N-dealkylation sites (tertiary alicyclic amines) is 1. The molecule has 0 aromatic rings. The van der Waals surface area contributed by atoms with E-state index in [0.717, 1.165) is 89.3 Å². The van der Waals surface area contributed by atoms with Crippen molar-refractivity contribution in [1.29, 1.82) is 0 Å². The Morgan fingerprint density at radius 2 is 1.77 bits per heavy atom. The van der Waals surface area contributed by atoms with Crippen LogP contribution < -0.4 is 0 Å². The van der Waals surface area contributed by atoms with E-state index in [1.54, 1.807) is 0 Å². The third kappa shape index (κ3) is 11.2. The molecule has 6 unspecified atom stereocenters. The molecule has 4 heteroatoms. The van der Waals surface area contributed by atoms with Crippen molar-refractivity contribution in [1.82, 2.24) is 4.90 Å². The predicted molar refractivity (Wildman–Crippen MR) is 188 cm³/mol. The zero-order valence-corrected chi connectivity index (χ0v) is 29.6. The third-order valence-electron chi connectivity index (χ3n) is 10.1. The van der Waals surface area contributed by atoms with Gasteiger partial charge in [-0.15, -0.1) is 0 Å². The lowest BCUT2D eigenvalue weighted by molar-refractivity contribution is -0.269. The average molecular weight is 610 g/mol. The van der Waals surface area contributed by atoms with Gasteiger partial charge in [0.25, 0.3) is 0 Å². The van der Waals surface area contributed by atoms with Crippen molar-refractivity contribution in [2.75, 3.05) is 6.54 Å². The lowest BCUT2D eigenvalue weighted by atomic mass is 9.78. The molecule has 1 N–H and O–H groups in total. The quantitative estimate of drug-likeness (QED) is 0.0899. The van der Waals surface area contributed by atoms with Crippen molar-refractivity contribution in [3.63, 3.8) is 0 Å². The highest BCUT2D eigenvalue weighted by Gasteiger charge is 2.47. The van der Waals surface area contributed by atoms with Gasteiger partial charge in [-0.25, -0.2) is 0 Å². The second-order valence-electron chi connectivity index (χ2n) is 14.3. The normalized spacial score (nSPS) is 27.1. The van der Waals surface area contributed by atoms with Gasteiger partial charge in [-0.1, -0.05) is 97.1 Å². The van der Waals surface area contributed by atoms with Gasteiger partial charge in [0.05, 0.1) is 6.10 Å². The Hall–Kier alpha value is -1.91. The lowest BCUT2D eigenvalue weighted by Crippen LogP contribution is -2.53. The summed E-state index contributed by atoms with van der Waals surface area (Å²) in [5.41, 5.74) is 3.94. The first-order chi connectivity index (χ1) is 20.8. The second kappa shape index (κ2) is 18.9. The van der Waals surface area contributed by atoms with Crippen molar-refractivity contribution in [2.45, 2.75) is 156 Å². The molecule has 0 saturated carbocycles. The number of allylic oxidation sites excluding steroid dienone is 4. The molecule has 2 heterocycles. The Bertz CT molecular complexity index is 1010. The van der Waals surface area contributed by atoms with Gasteiger partial charge in [0, 0.05) is 42.1 Å². The van der Waals surface area contributed by atoms with E-state index >= 15 is 0 Å². The van der Waals surface area contributed by atoms with Gasteiger partial charge in [-0.2, -0.15) is 0 Å². The Morgan fingerprint density at radius 3 is 2.43 bits per heavy atom. The molecule has 2 aliphatic rings. The molecule has 0 amide bonds. The summed E-state index contributed by atoms with van der Waals surface area (Å²) in [7, 11) is 0. The molecule has 4 nitrogen and oxygen atoms in total. The van der Waals surface area contributed by atoms with Crippen molar-refractivity contribution < 1.29 is 14.6 Å². The monoisotopic (exact) mass is 610 g/mol. The number of ketones is 1. The zero-order valence-electron chi connectivity index (χ0n) is 29.6. The van der Waals surface area contributed by atoms with Gasteiger partial charge in [-0.3, -0.25) is 4.79 Å². The molecule has 0 aliphatic carbocycles. The summed E-state index contributed by atoms with van der Waals surface area (Å²) in [6, 6.07) is 0.256. The summed E-state index contributed by atoms with van der Waals surface area (Å²) in [5, 5.41) is 12.0. The van der Waals surface area contributed by atoms with Crippen LogP contribution in [0, 0.1) is 23.7 Å². The van der Waals surface area contributed by atoms with E-state index in [0.29, 0.717) is 29.6 Å². The molecule has 2 aliphatic heterocycles. The number of carbonyl (C=O) groups is 1. The molecule has 0 aromatic heterocycles. The summed E-state index contributed by atoms with van der Waals surface area (Å²) >= 11 is 0. The van der Waals surface area contributed by atoms with Crippen LogP contribution in [-0.2, 0) is 9.53 Å². The Balaban J connectivity index is 1.89. The molecule has 0 spiro atoms. The van der Waals surface area contributed by atoms with Crippen LogP contribution in [0.4, 0.5) is 0 Å². The highest BCUT2D eigenvalue weighted by molar-refractivity contribution is 5.82. The van der Waals surface area contributed by atoms with Crippen LogP contribution >= 0.6 is 0 Å². The number of hydrogen-bond acceptors (Lipinski definition) is 4. The fourth-order valence-electron chi connectivity index (χ4n) is 7.07. The van der Waals surface area contributed by atoms with Gasteiger partial charge in [0.1, 0.15) is 5.78 Å². The smallest absolute Gasteiger partial charge is 0.196 e. The maximum atomic E-state index is 12.9. The number of piperidine rings is 1. The molecule has 6 atom stereocenters. The molecular weight excluding hydrogens is 542 g/mol. The number of hydrogen-bond donors (Lipinski definition) is 1. The molecule has 0 radical (unpaired) electrons. The summed E-state index contributed by atoms with van der Waals surface area (Å²) in [6.07, 6.45) is 20.6. The molecule has 2 rings (SSSR count). The fourth-order valence-corrected chi connectivity index (χ4v) is 7.07. The van der Waals surface area contributed by atoms with Crippen molar-refractivity contribution >= 4 is 5.78 Å². The van der Waals surface area contributed by atoms with Gasteiger partial charge in [0.15, 0.2) is 5.79 Å². The minimum atomic E-state index is -1.40. The van der Waals surface area contributed by atoms with Crippen LogP contribution in [0.5, 0.6) is 0 Å². The predicted octanol–water partition coefficient (Wildman–Crippen LogP) is 10.5. The van der Waals surface area contributed by atoms with Gasteiger partial charge in [-0.05, 0) is 95.8 Å². The van der Waals surface area contributed by atoms with Crippen molar-refractivity contribution in [3.8, 4) is 0 Å². The zero-order chi connectivity index (χ0) is 32.9. The Labute approximate surface area is 271 Å². The van der Waals surface area contributed by atoms with Crippen LogP contribution in [0.25, 0.3) is 0 Å². The molecule has 0 bridgehead atoms. The lowest BCUT2D eigenvalue weighted by Gasteiger charge is -2.49. The van der Waals surface area contributed by atoms with E-state index in [1.165, 1.54) is 17.6 Å². The highest BCUT2D eigenvalue weighted by atomic mass is 16.6. The van der Waals surface area contributed by atoms with Crippen LogP contribution in [0.1, 0.15) is 138 Å². The molecule has 250 valence electrons. The maximum Gasteiger partial charge on any atom is 0.196 e. The fraction of sp³-hybridized carbons (Fsp3) is 0.725. The van der Waals surface area contributed by atoms with Crippen LogP contribution in [-0.4, -0.2) is 40.3 Å². The summed E-state index contributed by atoms with van der Waals surface area (Å²) in [4.78, 5) is 15.2. The molecular formula is C40H67NO3. The van der Waals surface area contributed by atoms with Gasteiger partial charge < -0.3 is 14.7 Å². The number of unbranched alkanes of at least 4 members (excludes halogenated alkanes) is 3. The molecule has 2 saturated heterocycles. The van der Waals surface area contributed by atoms with E-state index in [9.17, 15) is 9.90 Å². The third-order valence-corrected chi connectivity index (χ3v) is 10.1. The number of carbonyl (C=O) groups excluding carboxylic acids is 1. The summed E-state index contributed by atoms with van der Waals surface area (Å²) in [6.45, 7) is 29.2. The average Bonchev–Trinajstić information content (AvgIpc) is 3.00. The molecule has 2 fully saturated rings. The minimum absolute atomic E-state index is 0.0202. The Morgan fingerprint density at radius 1 is 1.07 bits per heavy atom. The number of ether oxygens (including phenoxy) is 1. The van der Waals surface area contributed by atoms with Crippen molar-refractivity contribution in [3.05, 3.63) is 60.4 Å². The van der Waals surface area contributed by atoms with E-state index in [-0.39, 0.29) is 24.0 Å². The van der Waals surface area contributed by atoms with Crippen LogP contribution in [0.15, 0.2) is 60.4 Å².